The van der Waals surface area contributed by atoms with Crippen molar-refractivity contribution < 1.29 is 0 Å². The third kappa shape index (κ3) is 2.33. The molecule has 13 heavy (non-hydrogen) atoms. The predicted molar refractivity (Wildman–Crippen MR) is 57.8 cm³/mol. The Morgan fingerprint density at radius 2 is 1.77 bits per heavy atom. The molecule has 9 heteroatoms. The molecule has 0 aliphatic carbocycles. The summed E-state index contributed by atoms with van der Waals surface area (Å²) in [6, 6.07) is 0. The predicted octanol–water partition coefficient (Wildman–Crippen LogP) is 2.86. The summed E-state index contributed by atoms with van der Waals surface area (Å²) in [6.45, 7) is 0. The number of hydrogen-bond acceptors (Lipinski definition) is 3. The molecule has 0 amide bonds. The van der Waals surface area contributed by atoms with Crippen molar-refractivity contribution in [3.63, 3.8) is 0 Å². The normalized spacial score (nSPS) is 23.5. The maximum atomic E-state index is 5.81. The van der Waals surface area contributed by atoms with Crippen molar-refractivity contribution in [2.45, 2.75) is 14.3 Å². The molecule has 0 saturated heterocycles. The summed E-state index contributed by atoms with van der Waals surface area (Å²) in [6.07, 6.45) is 0.465. The highest BCUT2D eigenvalue weighted by atomic mass is 35.6. The molecule has 3 nitrogen and oxygen atoms in total. The summed E-state index contributed by atoms with van der Waals surface area (Å²) in [5.74, 6) is 0. The zero-order valence-electron chi connectivity index (χ0n) is 5.82. The molecule has 0 aromatic heterocycles. The molecule has 1 unspecified atom stereocenters. The van der Waals surface area contributed by atoms with Gasteiger partial charge in [0.2, 0.25) is 8.13 Å². The number of rotatable bonds is 1. The first kappa shape index (κ1) is 12.1. The van der Waals surface area contributed by atoms with E-state index in [1.807, 2.05) is 0 Å². The minimum Gasteiger partial charge on any atom is -0.282 e. The van der Waals surface area contributed by atoms with Crippen LogP contribution in [0.25, 0.3) is 0 Å². The first-order valence-electron chi connectivity index (χ1n) is 2.94. The van der Waals surface area contributed by atoms with Crippen LogP contribution in [0.2, 0.25) is 0 Å². The van der Waals surface area contributed by atoms with E-state index in [2.05, 4.69) is 10.5 Å². The van der Waals surface area contributed by atoms with Gasteiger partial charge in [-0.25, -0.2) is 4.42 Å². The number of nitrogens with one attached hydrogen (secondary N) is 1. The van der Waals surface area contributed by atoms with E-state index in [4.69, 9.17) is 69.8 Å². The van der Waals surface area contributed by atoms with E-state index in [-0.39, 0.29) is 0 Å². The molecule has 0 bridgehead atoms. The topological polar surface area (TPSA) is 27.6 Å². The van der Waals surface area contributed by atoms with Crippen LogP contribution < -0.4 is 5.43 Å². The average Bonchev–Trinajstić information content (AvgIpc) is 2.32. The summed E-state index contributed by atoms with van der Waals surface area (Å²) in [7, 11) is 0. The molecule has 0 aromatic rings. The Balaban J connectivity index is 2.82. The van der Waals surface area contributed by atoms with Gasteiger partial charge in [-0.15, -0.1) is 0 Å². The van der Waals surface area contributed by atoms with Gasteiger partial charge in [0, 0.05) is 11.8 Å². The van der Waals surface area contributed by atoms with Crippen LogP contribution >= 0.6 is 69.8 Å². The SMILES string of the molecule is ClN1C=NNC1C(Cl)(Cl)C(Cl)(Cl)Cl. The number of hydrogen-bond donors (Lipinski definition) is 1. The van der Waals surface area contributed by atoms with Crippen LogP contribution in [-0.2, 0) is 0 Å². The first-order valence-corrected chi connectivity index (χ1v) is 5.17. The van der Waals surface area contributed by atoms with E-state index in [9.17, 15) is 0 Å². The maximum Gasteiger partial charge on any atom is 0.227 e. The second kappa shape index (κ2) is 3.87. The summed E-state index contributed by atoms with van der Waals surface area (Å²) >= 11 is 33.9. The van der Waals surface area contributed by atoms with E-state index >= 15 is 0 Å². The van der Waals surface area contributed by atoms with Crippen molar-refractivity contribution >= 4 is 76.1 Å². The van der Waals surface area contributed by atoms with Crippen LogP contribution in [0.1, 0.15) is 0 Å². The Morgan fingerprint density at radius 3 is 2.08 bits per heavy atom. The maximum absolute atomic E-state index is 5.81. The van der Waals surface area contributed by atoms with Gasteiger partial charge < -0.3 is 0 Å². The van der Waals surface area contributed by atoms with Crippen LogP contribution in [0.15, 0.2) is 5.10 Å². The van der Waals surface area contributed by atoms with Gasteiger partial charge >= 0.3 is 0 Å². The molecule has 1 rings (SSSR count). The van der Waals surface area contributed by atoms with Crippen LogP contribution in [0.5, 0.6) is 0 Å². The molecule has 1 heterocycles. The van der Waals surface area contributed by atoms with E-state index in [0.29, 0.717) is 0 Å². The minimum absolute atomic E-state index is 0.801. The molecular weight excluding hydrogens is 303 g/mol. The Morgan fingerprint density at radius 1 is 1.23 bits per heavy atom. The second-order valence-corrected chi connectivity index (χ2v) is 6.30. The lowest BCUT2D eigenvalue weighted by molar-refractivity contribution is 0.389. The van der Waals surface area contributed by atoms with Gasteiger partial charge in [-0.1, -0.05) is 58.0 Å². The molecular formula is C4H3Cl6N3. The lowest BCUT2D eigenvalue weighted by Gasteiger charge is -2.34. The molecule has 76 valence electrons. The summed E-state index contributed by atoms with van der Waals surface area (Å²) in [5.41, 5.74) is 2.50. The standard InChI is InChI=1S/C4H3Cl6N3/c5-3(6,4(7,8)9)2-12-11-1-13(2)10/h1-2,12H. The van der Waals surface area contributed by atoms with Gasteiger partial charge in [0.15, 0.2) is 6.17 Å². The van der Waals surface area contributed by atoms with Crippen LogP contribution in [-0.4, -0.2) is 25.0 Å². The van der Waals surface area contributed by atoms with E-state index in [1.54, 1.807) is 0 Å². The van der Waals surface area contributed by atoms with Crippen LogP contribution in [0.4, 0.5) is 0 Å². The summed E-state index contributed by atoms with van der Waals surface area (Å²) < 4.78 is -2.51. The van der Waals surface area contributed by atoms with Crippen molar-refractivity contribution in [3.8, 4) is 0 Å². The molecule has 1 N–H and O–H groups in total. The van der Waals surface area contributed by atoms with Crippen LogP contribution in [0.3, 0.4) is 0 Å². The van der Waals surface area contributed by atoms with E-state index in [0.717, 1.165) is 4.42 Å². The highest BCUT2D eigenvalue weighted by molar-refractivity contribution is 6.75. The molecule has 1 aliphatic rings. The fourth-order valence-corrected chi connectivity index (χ4v) is 1.62. The van der Waals surface area contributed by atoms with Gasteiger partial charge in [0.1, 0.15) is 6.34 Å². The number of nitrogens with zero attached hydrogens (tertiary/aromatic N) is 2. The van der Waals surface area contributed by atoms with Crippen molar-refractivity contribution in [1.29, 1.82) is 0 Å². The smallest absolute Gasteiger partial charge is 0.227 e. The summed E-state index contributed by atoms with van der Waals surface area (Å²) in [4.78, 5) is 0. The quantitative estimate of drug-likeness (QED) is 0.596. The number of alkyl halides is 5. The third-order valence-corrected chi connectivity index (χ3v) is 4.07. The number of halogens is 6. The molecule has 0 saturated carbocycles. The first-order chi connectivity index (χ1) is 5.77. The Bertz CT molecular complexity index is 222. The summed E-state index contributed by atoms with van der Waals surface area (Å²) in [5, 5.41) is 3.60. The zero-order chi connectivity index (χ0) is 10.3. The molecule has 0 aromatic carbocycles. The van der Waals surface area contributed by atoms with Gasteiger partial charge in [0.05, 0.1) is 0 Å². The van der Waals surface area contributed by atoms with Crippen molar-refractivity contribution in [2.75, 3.05) is 0 Å². The van der Waals surface area contributed by atoms with Gasteiger partial charge in [-0.05, 0) is 0 Å². The second-order valence-electron chi connectivity index (χ2n) is 2.24. The largest absolute Gasteiger partial charge is 0.282 e. The van der Waals surface area contributed by atoms with E-state index < -0.39 is 14.3 Å². The van der Waals surface area contributed by atoms with E-state index in [1.165, 1.54) is 6.34 Å². The fourth-order valence-electron chi connectivity index (χ4n) is 0.672. The van der Waals surface area contributed by atoms with Crippen molar-refractivity contribution in [1.82, 2.24) is 9.84 Å². The Hall–Kier alpha value is 1.01. The molecule has 0 fully saturated rings. The van der Waals surface area contributed by atoms with Gasteiger partial charge in [-0.3, -0.25) is 5.43 Å². The third-order valence-electron chi connectivity index (χ3n) is 1.33. The highest BCUT2D eigenvalue weighted by Gasteiger charge is 2.55. The molecule has 1 atom stereocenters. The average molecular weight is 306 g/mol. The highest BCUT2D eigenvalue weighted by Crippen LogP contribution is 2.49. The molecule has 0 spiro atoms. The zero-order valence-corrected chi connectivity index (χ0v) is 10.4. The van der Waals surface area contributed by atoms with Crippen LogP contribution in [0, 0.1) is 0 Å². The molecule has 0 radical (unpaired) electrons. The Kier molecular flexibility index (Phi) is 3.60. The fraction of sp³-hybridized carbons (Fsp3) is 0.750. The number of hydrazone groups is 1. The Labute approximate surface area is 105 Å². The van der Waals surface area contributed by atoms with Gasteiger partial charge in [0.25, 0.3) is 0 Å². The lowest BCUT2D eigenvalue weighted by atomic mass is 10.3. The molecule has 1 aliphatic heterocycles. The monoisotopic (exact) mass is 303 g/mol. The van der Waals surface area contributed by atoms with Crippen molar-refractivity contribution in [3.05, 3.63) is 0 Å². The van der Waals surface area contributed by atoms with Gasteiger partial charge in [-0.2, -0.15) is 5.10 Å². The lowest BCUT2D eigenvalue weighted by Crippen LogP contribution is -2.52. The minimum atomic E-state index is -1.88. The van der Waals surface area contributed by atoms with Crippen molar-refractivity contribution in [2.24, 2.45) is 5.10 Å².